The van der Waals surface area contributed by atoms with Crippen molar-refractivity contribution in [2.24, 2.45) is 0 Å². The first-order chi connectivity index (χ1) is 12.4. The molecule has 0 aliphatic carbocycles. The van der Waals surface area contributed by atoms with Crippen LogP contribution < -0.4 is 0 Å². The second kappa shape index (κ2) is 7.34. The Morgan fingerprint density at radius 1 is 1.04 bits per heavy atom. The lowest BCUT2D eigenvalue weighted by Crippen LogP contribution is -2.12. The van der Waals surface area contributed by atoms with Crippen molar-refractivity contribution < 1.29 is 21.3 Å². The van der Waals surface area contributed by atoms with Gasteiger partial charge in [0.05, 0.1) is 15.5 Å². The fourth-order valence-electron chi connectivity index (χ4n) is 2.30. The van der Waals surface area contributed by atoms with E-state index in [0.717, 1.165) is 0 Å². The topological polar surface area (TPSA) is 94.3 Å². The molecule has 9 heteroatoms. The molecule has 0 spiro atoms. The van der Waals surface area contributed by atoms with Crippen LogP contribution in [0.2, 0.25) is 0 Å². The van der Waals surface area contributed by atoms with Crippen LogP contribution in [-0.2, 0) is 19.7 Å². The highest BCUT2D eigenvalue weighted by molar-refractivity contribution is 7.94. The molecular formula is C17H17NO5S3. The molecule has 0 aliphatic rings. The first-order valence-corrected chi connectivity index (χ1v) is 12.0. The molecule has 0 amide bonds. The van der Waals surface area contributed by atoms with E-state index in [1.807, 2.05) is 6.92 Å². The molecule has 2 aromatic heterocycles. The second-order valence-corrected chi connectivity index (χ2v) is 10.4. The van der Waals surface area contributed by atoms with Crippen molar-refractivity contribution in [1.29, 1.82) is 0 Å². The predicted octanol–water partition coefficient (Wildman–Crippen LogP) is 3.81. The van der Waals surface area contributed by atoms with Crippen molar-refractivity contribution in [3.05, 3.63) is 47.8 Å². The minimum absolute atomic E-state index is 0.00965. The van der Waals surface area contributed by atoms with Gasteiger partial charge in [0, 0.05) is 0 Å². The molecule has 2 heterocycles. The van der Waals surface area contributed by atoms with Gasteiger partial charge in [0.2, 0.25) is 30.6 Å². The summed E-state index contributed by atoms with van der Waals surface area (Å²) in [5, 5.41) is 0.636. The molecule has 3 aromatic rings. The number of rotatable bonds is 7. The summed E-state index contributed by atoms with van der Waals surface area (Å²) in [7, 11) is -8.05. The second-order valence-electron chi connectivity index (χ2n) is 5.58. The molecule has 0 saturated carbocycles. The van der Waals surface area contributed by atoms with E-state index in [9.17, 15) is 16.8 Å². The van der Waals surface area contributed by atoms with Crippen molar-refractivity contribution in [1.82, 2.24) is 4.98 Å². The molecular weight excluding hydrogens is 394 g/mol. The Morgan fingerprint density at radius 3 is 2.38 bits per heavy atom. The number of hydrogen-bond acceptors (Lipinski definition) is 7. The molecule has 0 unspecified atom stereocenters. The lowest BCUT2D eigenvalue weighted by atomic mass is 10.4. The van der Waals surface area contributed by atoms with Crippen molar-refractivity contribution >= 4 is 31.0 Å². The van der Waals surface area contributed by atoms with Gasteiger partial charge in [-0.15, -0.1) is 11.3 Å². The van der Waals surface area contributed by atoms with E-state index >= 15 is 0 Å². The molecule has 0 N–H and O–H groups in total. The Morgan fingerprint density at radius 2 is 1.77 bits per heavy atom. The fourth-order valence-corrected chi connectivity index (χ4v) is 6.24. The maximum atomic E-state index is 13.0. The molecule has 138 valence electrons. The maximum absolute atomic E-state index is 13.0. The van der Waals surface area contributed by atoms with Gasteiger partial charge in [-0.3, -0.25) is 0 Å². The number of oxazole rings is 1. The lowest BCUT2D eigenvalue weighted by molar-refractivity contribution is 0.445. The molecule has 0 atom stereocenters. The minimum Gasteiger partial charge on any atom is -0.422 e. The van der Waals surface area contributed by atoms with Crippen LogP contribution >= 0.6 is 11.3 Å². The van der Waals surface area contributed by atoms with Gasteiger partial charge < -0.3 is 4.42 Å². The summed E-state index contributed by atoms with van der Waals surface area (Å²) >= 11 is 1.29. The Bertz CT molecular complexity index is 1080. The first-order valence-electron chi connectivity index (χ1n) is 7.94. The Balaban J connectivity index is 2.20. The maximum Gasteiger partial charge on any atom is 0.258 e. The highest BCUT2D eigenvalue weighted by Gasteiger charge is 2.35. The average molecular weight is 412 g/mol. The minimum atomic E-state index is -4.13. The van der Waals surface area contributed by atoms with Gasteiger partial charge in [-0.1, -0.05) is 37.6 Å². The molecule has 0 saturated heterocycles. The van der Waals surface area contributed by atoms with Gasteiger partial charge in [-0.2, -0.15) is 4.98 Å². The fraction of sp³-hybridized carbons (Fsp3) is 0.235. The number of nitrogens with zero attached hydrogens (tertiary/aromatic N) is 1. The van der Waals surface area contributed by atoms with E-state index in [-0.39, 0.29) is 16.5 Å². The van der Waals surface area contributed by atoms with Crippen LogP contribution in [-0.4, -0.2) is 27.6 Å². The summed E-state index contributed by atoms with van der Waals surface area (Å²) < 4.78 is 56.8. The Labute approximate surface area is 156 Å². The van der Waals surface area contributed by atoms with Crippen molar-refractivity contribution in [2.45, 2.75) is 34.8 Å². The number of hydrogen-bond donors (Lipinski definition) is 0. The molecule has 0 fully saturated rings. The van der Waals surface area contributed by atoms with Gasteiger partial charge >= 0.3 is 0 Å². The highest BCUT2D eigenvalue weighted by Crippen LogP contribution is 2.34. The lowest BCUT2D eigenvalue weighted by Gasteiger charge is -2.04. The van der Waals surface area contributed by atoms with Crippen LogP contribution in [0.4, 0.5) is 0 Å². The number of aromatic nitrogens is 1. The quantitative estimate of drug-likeness (QED) is 0.587. The molecule has 1 aromatic carbocycles. The standard InChI is InChI=1S/C17H17NO5S3/c1-2-3-12-25(19,20)17-16(18-15(23-17)14-10-7-11-24-14)26(21,22)13-8-5-4-6-9-13/h4-11H,2-3,12H2,1H3. The number of unbranched alkanes of at least 4 members (excludes halogenated alkanes) is 1. The van der Waals surface area contributed by atoms with Crippen LogP contribution in [0.1, 0.15) is 19.8 Å². The van der Waals surface area contributed by atoms with E-state index in [2.05, 4.69) is 4.98 Å². The predicted molar refractivity (Wildman–Crippen MR) is 98.7 cm³/mol. The molecule has 3 rings (SSSR count). The van der Waals surface area contributed by atoms with E-state index < -0.39 is 29.8 Å². The van der Waals surface area contributed by atoms with Crippen molar-refractivity contribution in [3.8, 4) is 10.8 Å². The molecule has 0 bridgehead atoms. The zero-order valence-corrected chi connectivity index (χ0v) is 16.4. The third-order valence-corrected chi connectivity index (χ3v) is 7.99. The van der Waals surface area contributed by atoms with E-state index in [1.165, 1.54) is 23.5 Å². The van der Waals surface area contributed by atoms with Gasteiger partial charge in [-0.05, 0) is 30.0 Å². The Hall–Kier alpha value is -1.97. The zero-order chi connectivity index (χ0) is 18.8. The molecule has 26 heavy (non-hydrogen) atoms. The zero-order valence-electron chi connectivity index (χ0n) is 14.0. The number of thiophene rings is 1. The monoisotopic (exact) mass is 411 g/mol. The summed E-state index contributed by atoms with van der Waals surface area (Å²) in [5.41, 5.74) is 0. The molecule has 6 nitrogen and oxygen atoms in total. The van der Waals surface area contributed by atoms with Crippen LogP contribution in [0.5, 0.6) is 0 Å². The SMILES string of the molecule is CCCCS(=O)(=O)c1oc(-c2cccs2)nc1S(=O)(=O)c1ccccc1. The molecule has 0 aliphatic heterocycles. The average Bonchev–Trinajstić information content (AvgIpc) is 3.30. The van der Waals surface area contributed by atoms with Gasteiger partial charge in [0.15, 0.2) is 0 Å². The van der Waals surface area contributed by atoms with Crippen molar-refractivity contribution in [2.75, 3.05) is 5.75 Å². The van der Waals surface area contributed by atoms with Gasteiger partial charge in [-0.25, -0.2) is 16.8 Å². The number of benzene rings is 1. The molecule has 0 radical (unpaired) electrons. The van der Waals surface area contributed by atoms with Gasteiger partial charge in [0.25, 0.3) is 5.09 Å². The third-order valence-electron chi connectivity index (χ3n) is 3.66. The summed E-state index contributed by atoms with van der Waals surface area (Å²) in [5.74, 6) is -0.204. The first kappa shape index (κ1) is 18.8. The largest absolute Gasteiger partial charge is 0.422 e. The van der Waals surface area contributed by atoms with E-state index in [4.69, 9.17) is 4.42 Å². The van der Waals surface area contributed by atoms with Crippen LogP contribution in [0, 0.1) is 0 Å². The van der Waals surface area contributed by atoms with Crippen LogP contribution in [0.25, 0.3) is 10.8 Å². The van der Waals surface area contributed by atoms with E-state index in [1.54, 1.807) is 35.7 Å². The van der Waals surface area contributed by atoms with Crippen LogP contribution in [0.3, 0.4) is 0 Å². The van der Waals surface area contributed by atoms with Gasteiger partial charge in [0.1, 0.15) is 0 Å². The summed E-state index contributed by atoms with van der Waals surface area (Å²) in [6, 6.07) is 11.1. The smallest absolute Gasteiger partial charge is 0.258 e. The number of sulfone groups is 2. The third kappa shape index (κ3) is 3.60. The Kier molecular flexibility index (Phi) is 5.31. The summed E-state index contributed by atoms with van der Waals surface area (Å²) in [6.45, 7) is 1.86. The van der Waals surface area contributed by atoms with Crippen molar-refractivity contribution in [3.63, 3.8) is 0 Å². The highest BCUT2D eigenvalue weighted by atomic mass is 32.2. The van der Waals surface area contributed by atoms with E-state index in [0.29, 0.717) is 17.7 Å². The summed E-state index contributed by atoms with van der Waals surface area (Å²) in [6.07, 6.45) is 1.06. The normalized spacial score (nSPS) is 12.3. The summed E-state index contributed by atoms with van der Waals surface area (Å²) in [4.78, 5) is 4.58. The van der Waals surface area contributed by atoms with Crippen LogP contribution in [0.15, 0.2) is 67.3 Å².